The van der Waals surface area contributed by atoms with Crippen molar-refractivity contribution in [1.82, 2.24) is 0 Å². The van der Waals surface area contributed by atoms with E-state index < -0.39 is 15.9 Å². The zero-order valence-corrected chi connectivity index (χ0v) is 15.2. The summed E-state index contributed by atoms with van der Waals surface area (Å²) in [6.45, 7) is 1.97. The molecule has 0 saturated heterocycles. The van der Waals surface area contributed by atoms with Crippen molar-refractivity contribution in [3.05, 3.63) is 65.7 Å². The number of sulfonamides is 1. The number of anilines is 1. The highest BCUT2D eigenvalue weighted by atomic mass is 32.2. The lowest BCUT2D eigenvalue weighted by Gasteiger charge is -2.13. The Morgan fingerprint density at radius 2 is 1.65 bits per heavy atom. The van der Waals surface area contributed by atoms with Crippen LogP contribution < -0.4 is 16.2 Å². The normalized spacial score (nSPS) is 12.7. The zero-order chi connectivity index (χ0) is 19.3. The average molecular weight is 372 g/mol. The molecule has 0 atom stereocenters. The van der Waals surface area contributed by atoms with Crippen molar-refractivity contribution < 1.29 is 13.2 Å². The third kappa shape index (κ3) is 5.01. The van der Waals surface area contributed by atoms with E-state index in [4.69, 9.17) is 10.9 Å². The molecule has 0 aromatic heterocycles. The van der Waals surface area contributed by atoms with Gasteiger partial charge in [0.15, 0.2) is 0 Å². The highest BCUT2D eigenvalue weighted by Gasteiger charge is 2.10. The van der Waals surface area contributed by atoms with Crippen molar-refractivity contribution in [1.29, 1.82) is 0 Å². The average Bonchev–Trinajstić information content (AvgIpc) is 2.58. The zero-order valence-electron chi connectivity index (χ0n) is 14.4. The first-order chi connectivity index (χ1) is 12.2. The summed E-state index contributed by atoms with van der Waals surface area (Å²) in [6.07, 6.45) is 1.54. The van der Waals surface area contributed by atoms with Gasteiger partial charge in [-0.25, -0.2) is 13.6 Å². The van der Waals surface area contributed by atoms with E-state index in [1.165, 1.54) is 19.2 Å². The molecule has 0 radical (unpaired) electrons. The second-order valence-corrected chi connectivity index (χ2v) is 7.15. The Labute approximate surface area is 152 Å². The molecular formula is C18H20N4O3S. The molecule has 2 rings (SSSR count). The molecule has 7 nitrogen and oxygen atoms in total. The molecule has 0 aliphatic carbocycles. The van der Waals surface area contributed by atoms with E-state index in [9.17, 15) is 13.2 Å². The minimum Gasteiger partial charge on any atom is -0.364 e. The van der Waals surface area contributed by atoms with Crippen LogP contribution in [-0.2, 0) is 14.8 Å². The van der Waals surface area contributed by atoms with E-state index in [1.54, 1.807) is 18.2 Å². The number of nitrogens with one attached hydrogen (secondary N) is 1. The van der Waals surface area contributed by atoms with Gasteiger partial charge in [-0.15, -0.1) is 0 Å². The molecule has 1 amide bonds. The number of hydrogen-bond donors (Lipinski definition) is 3. The summed E-state index contributed by atoms with van der Waals surface area (Å²) >= 11 is 0. The fraction of sp³-hybridized carbons (Fsp3) is 0.111. The Hall–Kier alpha value is -2.97. The first-order valence-electron chi connectivity index (χ1n) is 7.66. The van der Waals surface area contributed by atoms with Crippen LogP contribution in [0.5, 0.6) is 0 Å². The lowest BCUT2D eigenvalue weighted by atomic mass is 10.1. The Balaban J connectivity index is 2.43. The highest BCUT2D eigenvalue weighted by molar-refractivity contribution is 7.89. The van der Waals surface area contributed by atoms with Crippen molar-refractivity contribution >= 4 is 33.0 Å². The fourth-order valence-corrected chi connectivity index (χ4v) is 2.71. The van der Waals surface area contributed by atoms with Crippen LogP contribution in [0.4, 0.5) is 5.69 Å². The second kappa shape index (κ2) is 7.94. The van der Waals surface area contributed by atoms with Gasteiger partial charge in [-0.1, -0.05) is 29.8 Å². The first kappa shape index (κ1) is 19.4. The fourth-order valence-electron chi connectivity index (χ4n) is 2.19. The van der Waals surface area contributed by atoms with Crippen LogP contribution >= 0.6 is 0 Å². The third-order valence-corrected chi connectivity index (χ3v) is 4.53. The predicted molar refractivity (Wildman–Crippen MR) is 103 cm³/mol. The predicted octanol–water partition coefficient (Wildman–Crippen LogP) is 1.65. The van der Waals surface area contributed by atoms with E-state index in [-0.39, 0.29) is 10.6 Å². The topological polar surface area (TPSA) is 128 Å². The van der Waals surface area contributed by atoms with Gasteiger partial charge in [0.1, 0.15) is 5.71 Å². The van der Waals surface area contributed by atoms with Crippen LogP contribution in [0, 0.1) is 6.92 Å². The summed E-state index contributed by atoms with van der Waals surface area (Å²) in [7, 11) is -2.29. The number of rotatable bonds is 6. The van der Waals surface area contributed by atoms with E-state index in [0.717, 1.165) is 11.1 Å². The van der Waals surface area contributed by atoms with Gasteiger partial charge in [-0.05, 0) is 42.8 Å². The summed E-state index contributed by atoms with van der Waals surface area (Å²) < 4.78 is 22.7. The van der Waals surface area contributed by atoms with Gasteiger partial charge < -0.3 is 11.1 Å². The molecule has 0 unspecified atom stereocenters. The molecule has 5 N–H and O–H groups in total. The Morgan fingerprint density at radius 3 is 2.12 bits per heavy atom. The Morgan fingerprint density at radius 1 is 1.08 bits per heavy atom. The number of nitrogens with two attached hydrogens (primary N) is 2. The minimum atomic E-state index is -3.76. The van der Waals surface area contributed by atoms with E-state index in [2.05, 4.69) is 10.3 Å². The molecule has 0 fully saturated rings. The van der Waals surface area contributed by atoms with Gasteiger partial charge in [-0.3, -0.25) is 9.79 Å². The maximum absolute atomic E-state index is 11.5. The monoisotopic (exact) mass is 372 g/mol. The second-order valence-electron chi connectivity index (χ2n) is 5.59. The van der Waals surface area contributed by atoms with Crippen LogP contribution in [0.3, 0.4) is 0 Å². The molecule has 2 aromatic rings. The quantitative estimate of drug-likeness (QED) is 0.666. The molecule has 0 saturated carbocycles. The summed E-state index contributed by atoms with van der Waals surface area (Å²) in [5, 5.41) is 8.25. The molecule has 2 aromatic carbocycles. The minimum absolute atomic E-state index is 0.0110. The van der Waals surface area contributed by atoms with Crippen LogP contribution in [0.25, 0.3) is 5.70 Å². The first-order valence-corrected chi connectivity index (χ1v) is 9.20. The van der Waals surface area contributed by atoms with Crippen LogP contribution in [-0.4, -0.2) is 27.1 Å². The molecule has 0 aliphatic rings. The van der Waals surface area contributed by atoms with E-state index in [0.29, 0.717) is 11.4 Å². The van der Waals surface area contributed by atoms with Crippen molar-refractivity contribution in [2.75, 3.05) is 12.4 Å². The number of carbonyl (C=O) groups is 1. The number of carbonyl (C=O) groups excluding carboxylic acids is 1. The van der Waals surface area contributed by atoms with Gasteiger partial charge in [0.2, 0.25) is 10.0 Å². The summed E-state index contributed by atoms with van der Waals surface area (Å²) in [5.41, 5.74) is 8.55. The van der Waals surface area contributed by atoms with Crippen molar-refractivity contribution in [3.8, 4) is 0 Å². The standard InChI is InChI=1S/C18H20N4O3S/c1-12-3-5-13(6-4-12)16(11-17(21-2)18(19)23)22-14-7-9-15(10-8-14)26(20,24)25/h3-11,22H,1-2H3,(H2,19,23)(H2,20,24,25)/b16-11-,21-17+. The maximum Gasteiger partial charge on any atom is 0.266 e. The molecule has 136 valence electrons. The number of benzene rings is 2. The molecule has 8 heteroatoms. The summed E-state index contributed by atoms with van der Waals surface area (Å²) in [6, 6.07) is 13.6. The number of nitrogens with zero attached hydrogens (tertiary/aromatic N) is 1. The van der Waals surface area contributed by atoms with Crippen molar-refractivity contribution in [3.63, 3.8) is 0 Å². The molecule has 0 spiro atoms. The smallest absolute Gasteiger partial charge is 0.266 e. The molecule has 0 bridgehead atoms. The lowest BCUT2D eigenvalue weighted by molar-refractivity contribution is -0.111. The summed E-state index contributed by atoms with van der Waals surface area (Å²) in [5.74, 6) is -0.650. The molecular weight excluding hydrogens is 352 g/mol. The number of hydrogen-bond acceptors (Lipinski definition) is 5. The SMILES string of the molecule is C/N=C(\C=C(/Nc1ccc(S(N)(=O)=O)cc1)c1ccc(C)cc1)C(N)=O. The van der Waals surface area contributed by atoms with Crippen LogP contribution in [0.15, 0.2) is 64.5 Å². The number of amides is 1. The number of aliphatic imine (C=N–C) groups is 1. The third-order valence-electron chi connectivity index (χ3n) is 3.60. The van der Waals surface area contributed by atoms with E-state index >= 15 is 0 Å². The Bertz CT molecular complexity index is 961. The highest BCUT2D eigenvalue weighted by Crippen LogP contribution is 2.21. The van der Waals surface area contributed by atoms with Crippen molar-refractivity contribution in [2.45, 2.75) is 11.8 Å². The summed E-state index contributed by atoms with van der Waals surface area (Å²) in [4.78, 5) is 15.4. The molecule has 26 heavy (non-hydrogen) atoms. The van der Waals surface area contributed by atoms with Gasteiger partial charge in [0.05, 0.1) is 4.90 Å². The maximum atomic E-state index is 11.5. The number of primary sulfonamides is 1. The van der Waals surface area contributed by atoms with Gasteiger partial charge >= 0.3 is 0 Å². The number of aryl methyl sites for hydroxylation is 1. The largest absolute Gasteiger partial charge is 0.364 e. The number of primary amides is 1. The molecule has 0 aliphatic heterocycles. The molecule has 0 heterocycles. The Kier molecular flexibility index (Phi) is 5.91. The van der Waals surface area contributed by atoms with Gasteiger partial charge in [0.25, 0.3) is 5.91 Å². The van der Waals surface area contributed by atoms with Gasteiger partial charge in [-0.2, -0.15) is 0 Å². The lowest BCUT2D eigenvalue weighted by Crippen LogP contribution is -2.22. The van der Waals surface area contributed by atoms with E-state index in [1.807, 2.05) is 31.2 Å². The van der Waals surface area contributed by atoms with Crippen molar-refractivity contribution in [2.24, 2.45) is 15.9 Å². The van der Waals surface area contributed by atoms with Gasteiger partial charge in [0, 0.05) is 18.4 Å². The van der Waals surface area contributed by atoms with Crippen LogP contribution in [0.1, 0.15) is 11.1 Å². The van der Waals surface area contributed by atoms with Crippen LogP contribution in [0.2, 0.25) is 0 Å².